The first kappa shape index (κ1) is 26.0. The van der Waals surface area contributed by atoms with Gasteiger partial charge in [-0.05, 0) is 25.3 Å². The Labute approximate surface area is 217 Å². The van der Waals surface area contributed by atoms with Gasteiger partial charge in [0.2, 0.25) is 5.91 Å². The molecule has 0 aromatic carbocycles. The van der Waals surface area contributed by atoms with Crippen molar-refractivity contribution in [3.63, 3.8) is 0 Å². The van der Waals surface area contributed by atoms with Crippen LogP contribution in [0.1, 0.15) is 54.2 Å². The summed E-state index contributed by atoms with van der Waals surface area (Å²) in [4.78, 5) is 33.7. The number of carbonyl (C=O) groups is 2. The van der Waals surface area contributed by atoms with Gasteiger partial charge >= 0.3 is 0 Å². The molecular weight excluding hydrogens is 502 g/mol. The molecule has 0 radical (unpaired) electrons. The molecular formula is C24H30F2N8O4. The van der Waals surface area contributed by atoms with E-state index < -0.39 is 18.0 Å². The first-order chi connectivity index (χ1) is 18.4. The maximum absolute atomic E-state index is 13.9. The third kappa shape index (κ3) is 5.45. The Morgan fingerprint density at radius 2 is 1.95 bits per heavy atom. The lowest BCUT2D eigenvalue weighted by Crippen LogP contribution is -2.39. The van der Waals surface area contributed by atoms with Gasteiger partial charge in [0.15, 0.2) is 11.3 Å². The second kappa shape index (κ2) is 11.4. The molecule has 0 unspecified atom stereocenters. The number of nitrogens with one attached hydrogen (secondary N) is 1. The smallest absolute Gasteiger partial charge is 0.284 e. The number of nitrogens with zero attached hydrogens (tertiary/aromatic N) is 7. The van der Waals surface area contributed by atoms with Gasteiger partial charge in [-0.3, -0.25) is 14.3 Å². The monoisotopic (exact) mass is 532 g/mol. The predicted octanol–water partition coefficient (Wildman–Crippen LogP) is 1.89. The number of morpholine rings is 1. The average molecular weight is 533 g/mol. The first-order valence-electron chi connectivity index (χ1n) is 12.7. The molecule has 0 aliphatic carbocycles. The second-order valence-electron chi connectivity index (χ2n) is 9.31. The number of carbonyl (C=O) groups excluding carboxylic acids is 2. The van der Waals surface area contributed by atoms with Crippen molar-refractivity contribution in [3.05, 3.63) is 35.9 Å². The van der Waals surface area contributed by atoms with E-state index in [2.05, 4.69) is 20.5 Å². The van der Waals surface area contributed by atoms with Crippen molar-refractivity contribution in [3.8, 4) is 0 Å². The lowest BCUT2D eigenvalue weighted by Gasteiger charge is -2.32. The van der Waals surface area contributed by atoms with Crippen molar-refractivity contribution >= 4 is 29.0 Å². The third-order valence-electron chi connectivity index (χ3n) is 6.89. The second-order valence-corrected chi connectivity index (χ2v) is 9.31. The van der Waals surface area contributed by atoms with Crippen LogP contribution < -0.4 is 10.2 Å². The van der Waals surface area contributed by atoms with E-state index in [1.165, 1.54) is 21.6 Å². The first-order valence-corrected chi connectivity index (χ1v) is 12.7. The highest BCUT2D eigenvalue weighted by atomic mass is 19.3. The van der Waals surface area contributed by atoms with Crippen LogP contribution in [0.2, 0.25) is 0 Å². The standard InChI is InChI=1S/C24H30F2N8O4/c25-22(26)21-18(15-34(30-21)16-3-6-32(7-4-16)20(36)2-1-11-35)28-24(37)17-14-27-33-8-5-19(29-23(17)33)31-9-12-38-13-10-31/h5,8,14-16,22,35H,1-4,6-7,9-13H2,(H,28,37). The lowest BCUT2D eigenvalue weighted by atomic mass is 10.0. The van der Waals surface area contributed by atoms with Crippen LogP contribution in [0, 0.1) is 0 Å². The Morgan fingerprint density at radius 3 is 2.66 bits per heavy atom. The largest absolute Gasteiger partial charge is 0.396 e. The quantitative estimate of drug-likeness (QED) is 0.450. The molecule has 14 heteroatoms. The van der Waals surface area contributed by atoms with Crippen LogP contribution in [0.3, 0.4) is 0 Å². The molecule has 0 saturated carbocycles. The van der Waals surface area contributed by atoms with E-state index in [9.17, 15) is 18.4 Å². The number of halogens is 2. The minimum Gasteiger partial charge on any atom is -0.396 e. The summed E-state index contributed by atoms with van der Waals surface area (Å²) in [5.74, 6) is 0.0352. The molecule has 2 saturated heterocycles. The fourth-order valence-electron chi connectivity index (χ4n) is 4.80. The van der Waals surface area contributed by atoms with Crippen LogP contribution in [-0.4, -0.2) is 92.2 Å². The van der Waals surface area contributed by atoms with Crippen LogP contribution in [0.15, 0.2) is 24.7 Å². The number of amides is 2. The fraction of sp³-hybridized carbons (Fsp3) is 0.542. The number of piperidine rings is 1. The number of rotatable bonds is 8. The summed E-state index contributed by atoms with van der Waals surface area (Å²) in [5, 5.41) is 19.8. The van der Waals surface area contributed by atoms with Gasteiger partial charge in [-0.25, -0.2) is 18.3 Å². The Hall–Kier alpha value is -3.65. The number of hydrogen-bond acceptors (Lipinski definition) is 8. The van der Waals surface area contributed by atoms with E-state index in [0.29, 0.717) is 70.1 Å². The van der Waals surface area contributed by atoms with Crippen LogP contribution in [0.5, 0.6) is 0 Å². The molecule has 38 heavy (non-hydrogen) atoms. The van der Waals surface area contributed by atoms with Gasteiger partial charge in [0.05, 0.1) is 31.1 Å². The zero-order valence-electron chi connectivity index (χ0n) is 20.8. The summed E-state index contributed by atoms with van der Waals surface area (Å²) in [7, 11) is 0. The number of ether oxygens (including phenoxy) is 1. The van der Waals surface area contributed by atoms with Crippen LogP contribution in [-0.2, 0) is 9.53 Å². The van der Waals surface area contributed by atoms with E-state index in [1.807, 2.05) is 4.90 Å². The lowest BCUT2D eigenvalue weighted by molar-refractivity contribution is -0.132. The SMILES string of the molecule is O=C(Nc1cn(C2CCN(C(=O)CCCO)CC2)nc1C(F)F)c1cnn2ccc(N3CCOCC3)nc12. The highest BCUT2D eigenvalue weighted by Crippen LogP contribution is 2.31. The number of fused-ring (bicyclic) bond motifs is 1. The average Bonchev–Trinajstić information content (AvgIpc) is 3.56. The molecule has 12 nitrogen and oxygen atoms in total. The molecule has 2 N–H and O–H groups in total. The van der Waals surface area contributed by atoms with Gasteiger partial charge < -0.3 is 25.0 Å². The summed E-state index contributed by atoms with van der Waals surface area (Å²) in [6.07, 6.45) is 3.38. The van der Waals surface area contributed by atoms with Gasteiger partial charge in [0.25, 0.3) is 12.3 Å². The summed E-state index contributed by atoms with van der Waals surface area (Å²) in [5.41, 5.74) is -0.119. The van der Waals surface area contributed by atoms with Crippen LogP contribution in [0.4, 0.5) is 20.3 Å². The number of aromatic nitrogens is 5. The van der Waals surface area contributed by atoms with Crippen LogP contribution >= 0.6 is 0 Å². The molecule has 0 atom stereocenters. The van der Waals surface area contributed by atoms with Gasteiger partial charge in [-0.1, -0.05) is 0 Å². The van der Waals surface area contributed by atoms with Crippen molar-refractivity contribution in [2.24, 2.45) is 0 Å². The van der Waals surface area contributed by atoms with E-state index in [1.54, 1.807) is 17.2 Å². The molecule has 5 rings (SSSR count). The van der Waals surface area contributed by atoms with Gasteiger partial charge in [0, 0.05) is 51.6 Å². The molecule has 5 heterocycles. The zero-order valence-corrected chi connectivity index (χ0v) is 20.8. The Kier molecular flexibility index (Phi) is 7.79. The molecule has 2 fully saturated rings. The molecule has 2 amide bonds. The zero-order chi connectivity index (χ0) is 26.6. The number of anilines is 2. The van der Waals surface area contributed by atoms with Crippen molar-refractivity contribution in [1.29, 1.82) is 0 Å². The normalized spacial score (nSPS) is 16.9. The Bertz CT molecular complexity index is 1280. The van der Waals surface area contributed by atoms with E-state index in [4.69, 9.17) is 9.84 Å². The molecule has 0 bridgehead atoms. The van der Waals surface area contributed by atoms with Crippen molar-refractivity contribution in [1.82, 2.24) is 29.3 Å². The van der Waals surface area contributed by atoms with E-state index in [-0.39, 0.29) is 36.2 Å². The maximum atomic E-state index is 13.9. The van der Waals surface area contributed by atoms with E-state index in [0.717, 1.165) is 0 Å². The minimum atomic E-state index is -2.89. The number of aliphatic hydroxyl groups excluding tert-OH is 1. The number of hydrogen-bond donors (Lipinski definition) is 2. The predicted molar refractivity (Wildman–Crippen MR) is 132 cm³/mol. The highest BCUT2D eigenvalue weighted by Gasteiger charge is 2.28. The third-order valence-corrected chi connectivity index (χ3v) is 6.89. The molecule has 3 aromatic heterocycles. The summed E-state index contributed by atoms with van der Waals surface area (Å²) >= 11 is 0. The number of alkyl halides is 2. The molecule has 2 aliphatic heterocycles. The van der Waals surface area contributed by atoms with Gasteiger partial charge in [-0.15, -0.1) is 0 Å². The van der Waals surface area contributed by atoms with E-state index >= 15 is 0 Å². The van der Waals surface area contributed by atoms with Crippen molar-refractivity contribution in [2.45, 2.75) is 38.2 Å². The minimum absolute atomic E-state index is 0.0297. The van der Waals surface area contributed by atoms with Crippen molar-refractivity contribution < 1.29 is 28.2 Å². The number of likely N-dealkylation sites (tertiary alicyclic amines) is 1. The highest BCUT2D eigenvalue weighted by molar-refractivity contribution is 6.08. The molecule has 0 spiro atoms. The van der Waals surface area contributed by atoms with Gasteiger partial charge in [0.1, 0.15) is 11.4 Å². The van der Waals surface area contributed by atoms with Gasteiger partial charge in [-0.2, -0.15) is 10.2 Å². The van der Waals surface area contributed by atoms with Crippen molar-refractivity contribution in [2.75, 3.05) is 56.2 Å². The maximum Gasteiger partial charge on any atom is 0.284 e. The fourth-order valence-corrected chi connectivity index (χ4v) is 4.80. The van der Waals surface area contributed by atoms with Crippen LogP contribution in [0.25, 0.3) is 5.65 Å². The topological polar surface area (TPSA) is 130 Å². The molecule has 2 aliphatic rings. The number of aliphatic hydroxyl groups is 1. The summed E-state index contributed by atoms with van der Waals surface area (Å²) in [6.45, 7) is 3.41. The summed E-state index contributed by atoms with van der Waals surface area (Å²) < 4.78 is 36.0. The molecule has 204 valence electrons. The summed E-state index contributed by atoms with van der Waals surface area (Å²) in [6, 6.07) is 1.62. The Balaban J connectivity index is 1.31. The Morgan fingerprint density at radius 1 is 1.18 bits per heavy atom. The molecule has 3 aromatic rings.